The normalized spacial score (nSPS) is 9.60. The Morgan fingerprint density at radius 3 is 2.16 bits per heavy atom. The minimum absolute atomic E-state index is 0.188. The molecule has 8 heteroatoms. The number of urea groups is 1. The van der Waals surface area contributed by atoms with Crippen molar-refractivity contribution in [3.63, 3.8) is 0 Å². The highest BCUT2D eigenvalue weighted by Crippen LogP contribution is 2.03. The maximum atomic E-state index is 11.7. The van der Waals surface area contributed by atoms with Crippen molar-refractivity contribution >= 4 is 35.0 Å². The van der Waals surface area contributed by atoms with Crippen molar-refractivity contribution in [2.75, 3.05) is 11.9 Å². The summed E-state index contributed by atoms with van der Waals surface area (Å²) in [7, 11) is 0. The van der Waals surface area contributed by atoms with Gasteiger partial charge in [-0.3, -0.25) is 15.6 Å². The number of carbonyl (C=O) groups is 2. The van der Waals surface area contributed by atoms with Crippen LogP contribution in [0.4, 0.5) is 10.5 Å². The number of amides is 3. The van der Waals surface area contributed by atoms with E-state index in [0.717, 1.165) is 5.56 Å². The molecule has 5 N–H and O–H groups in total. The number of hydrazine groups is 1. The van der Waals surface area contributed by atoms with Gasteiger partial charge in [0.15, 0.2) is 5.11 Å². The first-order chi connectivity index (χ1) is 12.1. The molecule has 0 fully saturated rings. The third-order valence-electron chi connectivity index (χ3n) is 3.05. The van der Waals surface area contributed by atoms with E-state index in [2.05, 4.69) is 26.8 Å². The van der Waals surface area contributed by atoms with Gasteiger partial charge in [0.2, 0.25) is 0 Å². The maximum absolute atomic E-state index is 11.7. The van der Waals surface area contributed by atoms with E-state index < -0.39 is 11.9 Å². The van der Waals surface area contributed by atoms with Gasteiger partial charge in [-0.25, -0.2) is 4.79 Å². The monoisotopic (exact) mass is 357 g/mol. The van der Waals surface area contributed by atoms with E-state index in [0.29, 0.717) is 12.2 Å². The highest BCUT2D eigenvalue weighted by molar-refractivity contribution is 7.80. The van der Waals surface area contributed by atoms with Crippen molar-refractivity contribution < 1.29 is 9.59 Å². The first-order valence-electron chi connectivity index (χ1n) is 7.60. The summed E-state index contributed by atoms with van der Waals surface area (Å²) in [5.74, 6) is -0.424. The Morgan fingerprint density at radius 1 is 0.840 bits per heavy atom. The molecule has 0 aliphatic heterocycles. The molecule has 0 bridgehead atoms. The van der Waals surface area contributed by atoms with Crippen molar-refractivity contribution in [3.05, 3.63) is 66.2 Å². The minimum atomic E-state index is -0.467. The van der Waals surface area contributed by atoms with Gasteiger partial charge in [0.05, 0.1) is 0 Å². The first-order valence-corrected chi connectivity index (χ1v) is 8.01. The number of anilines is 1. The lowest BCUT2D eigenvalue weighted by atomic mass is 10.2. The third-order valence-corrected chi connectivity index (χ3v) is 3.30. The number of rotatable bonds is 5. The smallest absolute Gasteiger partial charge is 0.319 e. The molecule has 0 saturated carbocycles. The van der Waals surface area contributed by atoms with E-state index in [1.54, 1.807) is 24.3 Å². The molecule has 25 heavy (non-hydrogen) atoms. The Kier molecular flexibility index (Phi) is 7.20. The zero-order chi connectivity index (χ0) is 17.9. The number of nitrogens with one attached hydrogen (secondary N) is 5. The van der Waals surface area contributed by atoms with E-state index >= 15 is 0 Å². The molecule has 2 aromatic rings. The predicted octanol–water partition coefficient (Wildman–Crippen LogP) is 1.50. The van der Waals surface area contributed by atoms with Crippen LogP contribution in [0, 0.1) is 0 Å². The van der Waals surface area contributed by atoms with Gasteiger partial charge in [-0.05, 0) is 29.9 Å². The lowest BCUT2D eigenvalue weighted by Crippen LogP contribution is -2.49. The Labute approximate surface area is 151 Å². The molecule has 2 rings (SSSR count). The highest BCUT2D eigenvalue weighted by Gasteiger charge is 2.05. The van der Waals surface area contributed by atoms with Crippen molar-refractivity contribution in [2.24, 2.45) is 0 Å². The van der Waals surface area contributed by atoms with Crippen LogP contribution in [-0.4, -0.2) is 23.6 Å². The van der Waals surface area contributed by atoms with Crippen LogP contribution in [-0.2, 0) is 11.3 Å². The van der Waals surface area contributed by atoms with Crippen LogP contribution < -0.4 is 26.8 Å². The third kappa shape index (κ3) is 7.32. The van der Waals surface area contributed by atoms with Gasteiger partial charge in [-0.15, -0.1) is 0 Å². The Balaban J connectivity index is 1.60. The van der Waals surface area contributed by atoms with Crippen LogP contribution in [0.15, 0.2) is 60.7 Å². The molecule has 0 saturated heterocycles. The van der Waals surface area contributed by atoms with Gasteiger partial charge >= 0.3 is 6.03 Å². The Morgan fingerprint density at radius 2 is 1.48 bits per heavy atom. The lowest BCUT2D eigenvalue weighted by Gasteiger charge is -2.12. The molecule has 0 aliphatic rings. The van der Waals surface area contributed by atoms with Crippen LogP contribution >= 0.6 is 12.2 Å². The molecule has 130 valence electrons. The van der Waals surface area contributed by atoms with Crippen LogP contribution in [0.2, 0.25) is 0 Å². The second-order valence-corrected chi connectivity index (χ2v) is 5.42. The zero-order valence-electron chi connectivity index (χ0n) is 13.4. The zero-order valence-corrected chi connectivity index (χ0v) is 14.2. The number of hydrogen-bond acceptors (Lipinski definition) is 3. The summed E-state index contributed by atoms with van der Waals surface area (Å²) in [6, 6.07) is 18.2. The Bertz CT molecular complexity index is 709. The number of hydrogen-bond donors (Lipinski definition) is 5. The molecule has 0 spiro atoms. The van der Waals surface area contributed by atoms with E-state index in [1.807, 2.05) is 36.4 Å². The first kappa shape index (κ1) is 18.2. The fraction of sp³-hybridized carbons (Fsp3) is 0.118. The minimum Gasteiger partial charge on any atom is -0.357 e. The largest absolute Gasteiger partial charge is 0.357 e. The van der Waals surface area contributed by atoms with E-state index in [9.17, 15) is 9.59 Å². The molecule has 0 heterocycles. The van der Waals surface area contributed by atoms with Crippen molar-refractivity contribution in [3.8, 4) is 0 Å². The molecule has 0 aliphatic carbocycles. The average Bonchev–Trinajstić information content (AvgIpc) is 2.64. The van der Waals surface area contributed by atoms with Gasteiger partial charge in [0, 0.05) is 12.2 Å². The highest BCUT2D eigenvalue weighted by atomic mass is 32.1. The quantitative estimate of drug-likeness (QED) is 0.413. The molecule has 2 aromatic carbocycles. The summed E-state index contributed by atoms with van der Waals surface area (Å²) < 4.78 is 0. The van der Waals surface area contributed by atoms with Crippen LogP contribution in [0.25, 0.3) is 0 Å². The Hall–Kier alpha value is -3.13. The van der Waals surface area contributed by atoms with Gasteiger partial charge in [0.1, 0.15) is 6.54 Å². The van der Waals surface area contributed by atoms with Crippen LogP contribution in [0.3, 0.4) is 0 Å². The van der Waals surface area contributed by atoms with Crippen LogP contribution in [0.1, 0.15) is 5.56 Å². The summed E-state index contributed by atoms with van der Waals surface area (Å²) in [6.45, 7) is 0.354. The summed E-state index contributed by atoms with van der Waals surface area (Å²) in [4.78, 5) is 23.3. The summed E-state index contributed by atoms with van der Waals surface area (Å²) in [5, 5.41) is 8.30. The molecule has 3 amide bonds. The fourth-order valence-electron chi connectivity index (χ4n) is 1.85. The summed E-state index contributed by atoms with van der Waals surface area (Å²) in [5.41, 5.74) is 6.69. The maximum Gasteiger partial charge on any atom is 0.319 e. The SMILES string of the molecule is O=C(CNC(=O)Nc1ccccc1)NNC(=S)NCc1ccccc1. The molecule has 0 aromatic heterocycles. The van der Waals surface area contributed by atoms with E-state index in [1.165, 1.54) is 0 Å². The van der Waals surface area contributed by atoms with E-state index in [4.69, 9.17) is 12.2 Å². The van der Waals surface area contributed by atoms with Crippen LogP contribution in [0.5, 0.6) is 0 Å². The molecule has 0 atom stereocenters. The molecule has 7 nitrogen and oxygen atoms in total. The number of carbonyl (C=O) groups excluding carboxylic acids is 2. The van der Waals surface area contributed by atoms with Gasteiger partial charge in [-0.1, -0.05) is 48.5 Å². The van der Waals surface area contributed by atoms with Gasteiger partial charge < -0.3 is 16.0 Å². The van der Waals surface area contributed by atoms with Crippen molar-refractivity contribution in [1.29, 1.82) is 0 Å². The molecule has 0 unspecified atom stereocenters. The second kappa shape index (κ2) is 9.89. The average molecular weight is 357 g/mol. The molecular weight excluding hydrogens is 338 g/mol. The van der Waals surface area contributed by atoms with Crippen molar-refractivity contribution in [1.82, 2.24) is 21.5 Å². The van der Waals surface area contributed by atoms with Gasteiger partial charge in [-0.2, -0.15) is 0 Å². The summed E-state index contributed by atoms with van der Waals surface area (Å²) >= 11 is 5.06. The lowest BCUT2D eigenvalue weighted by molar-refractivity contribution is -0.120. The molecule has 0 radical (unpaired) electrons. The van der Waals surface area contributed by atoms with E-state index in [-0.39, 0.29) is 11.7 Å². The number of thiocarbonyl (C=S) groups is 1. The topological polar surface area (TPSA) is 94.3 Å². The van der Waals surface area contributed by atoms with Gasteiger partial charge in [0.25, 0.3) is 5.91 Å². The standard InChI is InChI=1S/C17H19N5O2S/c23-15(12-18-16(24)20-14-9-5-2-6-10-14)21-22-17(25)19-11-13-7-3-1-4-8-13/h1-10H,11-12H2,(H,21,23)(H2,18,20,24)(H2,19,22,25). The predicted molar refractivity (Wildman–Crippen MR) is 101 cm³/mol. The number of para-hydroxylation sites is 1. The fourth-order valence-corrected chi connectivity index (χ4v) is 1.97. The second-order valence-electron chi connectivity index (χ2n) is 5.02. The van der Waals surface area contributed by atoms with Crippen molar-refractivity contribution in [2.45, 2.75) is 6.54 Å². The summed E-state index contributed by atoms with van der Waals surface area (Å²) in [6.07, 6.45) is 0. The number of benzene rings is 2. The molecular formula is C17H19N5O2S.